The second kappa shape index (κ2) is 13.1. The van der Waals surface area contributed by atoms with Gasteiger partial charge < -0.3 is 0 Å². The fourth-order valence-corrected chi connectivity index (χ4v) is 11.3. The summed E-state index contributed by atoms with van der Waals surface area (Å²) >= 11 is -2.19. The minimum atomic E-state index is -2.19. The molecule has 0 amide bonds. The van der Waals surface area contributed by atoms with Gasteiger partial charge in [-0.25, -0.2) is 0 Å². The fourth-order valence-electron chi connectivity index (χ4n) is 3.02. The molecule has 0 N–H and O–H groups in total. The Labute approximate surface area is 205 Å². The molecule has 4 nitrogen and oxygen atoms in total. The molecule has 2 aliphatic carbocycles. The topological polar surface area (TPSA) is 36.9 Å². The van der Waals surface area contributed by atoms with Crippen molar-refractivity contribution in [2.45, 2.75) is 66.0 Å². The van der Waals surface area contributed by atoms with E-state index >= 15 is 0 Å². The molecule has 0 aromatic carbocycles. The van der Waals surface area contributed by atoms with Gasteiger partial charge in [0, 0.05) is 0 Å². The van der Waals surface area contributed by atoms with Gasteiger partial charge in [0.1, 0.15) is 0 Å². The summed E-state index contributed by atoms with van der Waals surface area (Å²) in [5.74, 6) is 2.07. The number of allylic oxidation sites excluding steroid dienone is 6. The fraction of sp³-hybridized carbons (Fsp3) is 0.571. The SMILES string of the molecule is C[C](C)=[Zr]([C]1=C(OCO[Si](C)(C)C)C=CC1)[C]1=C(OCO[Si](C)(C)C)C=CC1.Cl.Cl. The summed E-state index contributed by atoms with van der Waals surface area (Å²) < 4.78 is 28.5. The van der Waals surface area contributed by atoms with E-state index in [1.807, 2.05) is 0 Å². The molecule has 0 aromatic rings. The minimum absolute atomic E-state index is 0. The average molecular weight is 573 g/mol. The van der Waals surface area contributed by atoms with Crippen molar-refractivity contribution >= 4 is 44.7 Å². The van der Waals surface area contributed by atoms with Crippen LogP contribution in [-0.2, 0) is 39.6 Å². The van der Waals surface area contributed by atoms with Crippen molar-refractivity contribution in [3.05, 3.63) is 42.4 Å². The van der Waals surface area contributed by atoms with Crippen LogP contribution in [0.2, 0.25) is 39.3 Å². The molecule has 0 bridgehead atoms. The average Bonchev–Trinajstić information content (AvgIpc) is 3.16. The predicted octanol–water partition coefficient (Wildman–Crippen LogP) is 6.65. The first kappa shape index (κ1) is 30.2. The van der Waals surface area contributed by atoms with E-state index in [9.17, 15) is 0 Å². The Kier molecular flexibility index (Phi) is 13.2. The molecular formula is C21H38Cl2O4Si2Zr. The third-order valence-electron chi connectivity index (χ3n) is 4.29. The van der Waals surface area contributed by atoms with Gasteiger partial charge in [-0.05, 0) is 0 Å². The van der Waals surface area contributed by atoms with Crippen LogP contribution in [0.5, 0.6) is 0 Å². The number of rotatable bonds is 10. The summed E-state index contributed by atoms with van der Waals surface area (Å²) in [6.07, 6.45) is 10.7. The molecule has 0 aromatic heterocycles. The van der Waals surface area contributed by atoms with Crippen LogP contribution in [0, 0.1) is 0 Å². The van der Waals surface area contributed by atoms with Crippen LogP contribution < -0.4 is 0 Å². The molecule has 0 unspecified atom stereocenters. The van der Waals surface area contributed by atoms with Crippen molar-refractivity contribution in [3.8, 4) is 0 Å². The van der Waals surface area contributed by atoms with Gasteiger partial charge >= 0.3 is 181 Å². The van der Waals surface area contributed by atoms with Gasteiger partial charge in [0.2, 0.25) is 0 Å². The van der Waals surface area contributed by atoms with E-state index < -0.39 is 37.9 Å². The Hall–Kier alpha value is 0.247. The maximum atomic E-state index is 6.08. The Balaban J connectivity index is 0.00000420. The van der Waals surface area contributed by atoms with Gasteiger partial charge in [-0.2, -0.15) is 0 Å². The largest absolute Gasteiger partial charge is 0.147 e. The minimum Gasteiger partial charge on any atom is -0.147 e. The molecule has 0 spiro atoms. The smallest absolute Gasteiger partial charge is 0.147 e. The number of ether oxygens (including phenoxy) is 2. The first-order chi connectivity index (χ1) is 13.0. The summed E-state index contributed by atoms with van der Waals surface area (Å²) in [5.41, 5.74) is 0. The van der Waals surface area contributed by atoms with E-state index in [-0.39, 0.29) is 24.8 Å². The molecule has 30 heavy (non-hydrogen) atoms. The van der Waals surface area contributed by atoms with E-state index in [0.717, 1.165) is 24.4 Å². The molecule has 172 valence electrons. The molecule has 2 aliphatic rings. The Morgan fingerprint density at radius 3 is 1.43 bits per heavy atom. The molecule has 9 heteroatoms. The predicted molar refractivity (Wildman–Crippen MR) is 133 cm³/mol. The molecule has 0 aliphatic heterocycles. The van der Waals surface area contributed by atoms with Crippen LogP contribution >= 0.6 is 24.8 Å². The van der Waals surface area contributed by atoms with Gasteiger partial charge in [0.15, 0.2) is 0 Å². The zero-order valence-corrected chi connectivity index (χ0v) is 25.7. The molecule has 0 radical (unpaired) electrons. The van der Waals surface area contributed by atoms with Gasteiger partial charge in [0.25, 0.3) is 0 Å². The van der Waals surface area contributed by atoms with Crippen LogP contribution in [-0.4, -0.2) is 33.4 Å². The van der Waals surface area contributed by atoms with Gasteiger partial charge in [-0.1, -0.05) is 0 Å². The third kappa shape index (κ3) is 9.80. The van der Waals surface area contributed by atoms with E-state index in [4.69, 9.17) is 18.3 Å². The number of halogens is 2. The number of hydrogen-bond acceptors (Lipinski definition) is 4. The summed E-state index contributed by atoms with van der Waals surface area (Å²) in [6, 6.07) is 0. The second-order valence-corrected chi connectivity index (χ2v) is 25.6. The van der Waals surface area contributed by atoms with Crippen molar-refractivity contribution in [2.75, 3.05) is 13.6 Å². The molecular weight excluding hydrogens is 535 g/mol. The second-order valence-electron chi connectivity index (χ2n) is 9.31. The van der Waals surface area contributed by atoms with Crippen molar-refractivity contribution < 1.29 is 39.6 Å². The number of hydrogen-bond donors (Lipinski definition) is 0. The molecule has 0 atom stereocenters. The molecule has 0 saturated carbocycles. The van der Waals surface area contributed by atoms with Crippen molar-refractivity contribution in [1.82, 2.24) is 0 Å². The maximum Gasteiger partial charge on any atom is -0.147 e. The van der Waals surface area contributed by atoms with Crippen molar-refractivity contribution in [2.24, 2.45) is 0 Å². The monoisotopic (exact) mass is 570 g/mol. The van der Waals surface area contributed by atoms with Gasteiger partial charge in [0.05, 0.1) is 0 Å². The first-order valence-electron chi connectivity index (χ1n) is 9.99. The first-order valence-corrected chi connectivity index (χ1v) is 20.5. The van der Waals surface area contributed by atoms with Crippen LogP contribution in [0.3, 0.4) is 0 Å². The quantitative estimate of drug-likeness (QED) is 0.217. The standard InChI is InChI=1S/2C9H15O2Si.C3H6.2ClH.Zr/c2*1-12(2,3)11-8-10-9-6-4-5-7-9;1-3-2;;;/h2*4,6H,5,8H2,1-3H3;1-2H3;2*1H;. The van der Waals surface area contributed by atoms with Gasteiger partial charge in [-0.15, -0.1) is 24.8 Å². The zero-order chi connectivity index (χ0) is 20.9. The molecule has 0 heterocycles. The van der Waals surface area contributed by atoms with E-state index in [2.05, 4.69) is 77.4 Å². The Morgan fingerprint density at radius 1 is 0.767 bits per heavy atom. The molecule has 0 fully saturated rings. The van der Waals surface area contributed by atoms with Crippen LogP contribution in [0.4, 0.5) is 0 Å². The summed E-state index contributed by atoms with van der Waals surface area (Å²) in [6.45, 7) is 18.3. The normalized spacial score (nSPS) is 15.9. The van der Waals surface area contributed by atoms with Crippen LogP contribution in [0.15, 0.2) is 42.4 Å². The summed E-state index contributed by atoms with van der Waals surface area (Å²) in [4.78, 5) is 0. The Bertz CT molecular complexity index is 685. The Morgan fingerprint density at radius 2 is 1.13 bits per heavy atom. The van der Waals surface area contributed by atoms with E-state index in [1.54, 1.807) is 3.21 Å². The zero-order valence-electron chi connectivity index (χ0n) is 19.6. The van der Waals surface area contributed by atoms with Crippen molar-refractivity contribution in [3.63, 3.8) is 0 Å². The maximum absolute atomic E-state index is 6.08. The summed E-state index contributed by atoms with van der Waals surface area (Å²) in [7, 11) is -3.16. The van der Waals surface area contributed by atoms with E-state index in [0.29, 0.717) is 13.6 Å². The molecule has 2 rings (SSSR count). The van der Waals surface area contributed by atoms with Crippen molar-refractivity contribution in [1.29, 1.82) is 0 Å². The van der Waals surface area contributed by atoms with E-state index in [1.165, 1.54) is 6.56 Å². The summed E-state index contributed by atoms with van der Waals surface area (Å²) in [5, 5.41) is 0. The molecule has 0 saturated heterocycles. The van der Waals surface area contributed by atoms with Crippen LogP contribution in [0.1, 0.15) is 26.7 Å². The van der Waals surface area contributed by atoms with Gasteiger partial charge in [-0.3, -0.25) is 0 Å². The van der Waals surface area contributed by atoms with Crippen LogP contribution in [0.25, 0.3) is 0 Å². The third-order valence-corrected chi connectivity index (χ3v) is 13.9.